The van der Waals surface area contributed by atoms with E-state index in [1.54, 1.807) is 0 Å². The van der Waals surface area contributed by atoms with Crippen molar-refractivity contribution in [3.63, 3.8) is 0 Å². The van der Waals surface area contributed by atoms with Crippen LogP contribution >= 0.6 is 0 Å². The summed E-state index contributed by atoms with van der Waals surface area (Å²) in [5.74, 6) is 2.89. The molecule has 5 heteroatoms. The fourth-order valence-corrected chi connectivity index (χ4v) is 0.737. The quantitative estimate of drug-likeness (QED) is 0.362. The lowest BCUT2D eigenvalue weighted by Gasteiger charge is -1.99. The van der Waals surface area contributed by atoms with E-state index in [9.17, 15) is 9.18 Å². The van der Waals surface area contributed by atoms with Crippen LogP contribution in [-0.4, -0.2) is 11.0 Å². The third kappa shape index (κ3) is 3.02. The van der Waals surface area contributed by atoms with Crippen LogP contribution in [0.25, 0.3) is 0 Å². The van der Waals surface area contributed by atoms with Crippen molar-refractivity contribution in [1.82, 2.24) is 5.43 Å². The number of nitrogens with one attached hydrogen (secondary N) is 1. The number of carbonyl (C=O) groups is 1. The Morgan fingerprint density at radius 3 is 2.50 bits per heavy atom. The number of nitrogens with two attached hydrogens (primary N) is 1. The molecule has 0 unspecified atom stereocenters. The van der Waals surface area contributed by atoms with Crippen LogP contribution in [0.3, 0.4) is 0 Å². The zero-order valence-electron chi connectivity index (χ0n) is 8.04. The molecule has 78 valence electrons. The van der Waals surface area contributed by atoms with Gasteiger partial charge < -0.3 is 5.11 Å². The number of phenolic OH excluding ortho intramolecular Hbond substituents is 1. The first-order valence-electron chi connectivity index (χ1n) is 4.14. The number of hydrogen-bond donors (Lipinski definition) is 3. The molecule has 1 amide bonds. The van der Waals surface area contributed by atoms with Gasteiger partial charge in [-0.1, -0.05) is 13.8 Å². The van der Waals surface area contributed by atoms with E-state index in [0.717, 1.165) is 12.1 Å². The molecule has 1 aromatic carbocycles. The molecular weight excluding hydrogens is 187 g/mol. The fourth-order valence-electron chi connectivity index (χ4n) is 0.737. The van der Waals surface area contributed by atoms with Gasteiger partial charge in [-0.15, -0.1) is 0 Å². The maximum Gasteiger partial charge on any atom is 0.265 e. The van der Waals surface area contributed by atoms with Gasteiger partial charge in [0.25, 0.3) is 5.91 Å². The number of amides is 1. The number of nitrogen functional groups attached to an aromatic ring is 1. The predicted octanol–water partition coefficient (Wildman–Crippen LogP) is 1.16. The van der Waals surface area contributed by atoms with Crippen molar-refractivity contribution in [3.8, 4) is 5.75 Å². The SMILES string of the molecule is CC.NNC(=O)c1ccc(F)c(O)c1. The molecule has 0 aliphatic carbocycles. The van der Waals surface area contributed by atoms with E-state index in [0.29, 0.717) is 0 Å². The Morgan fingerprint density at radius 1 is 1.50 bits per heavy atom. The number of hydrogen-bond acceptors (Lipinski definition) is 3. The zero-order valence-corrected chi connectivity index (χ0v) is 8.04. The zero-order chi connectivity index (χ0) is 11.1. The molecule has 0 aliphatic heterocycles. The lowest BCUT2D eigenvalue weighted by atomic mass is 10.2. The average Bonchev–Trinajstić information content (AvgIpc) is 2.24. The highest BCUT2D eigenvalue weighted by Gasteiger charge is 2.06. The van der Waals surface area contributed by atoms with Crippen LogP contribution in [0, 0.1) is 5.82 Å². The highest BCUT2D eigenvalue weighted by atomic mass is 19.1. The van der Waals surface area contributed by atoms with Crippen LogP contribution in [0.2, 0.25) is 0 Å². The van der Waals surface area contributed by atoms with Crippen molar-refractivity contribution in [2.75, 3.05) is 0 Å². The smallest absolute Gasteiger partial charge is 0.265 e. The topological polar surface area (TPSA) is 75.3 Å². The Kier molecular flexibility index (Phi) is 5.24. The molecule has 4 nitrogen and oxygen atoms in total. The monoisotopic (exact) mass is 200 g/mol. The lowest BCUT2D eigenvalue weighted by molar-refractivity contribution is 0.0953. The standard InChI is InChI=1S/C7H7FN2O2.C2H6/c8-5-2-1-4(3-6(5)11)7(12)10-9;1-2/h1-3,11H,9H2,(H,10,12);1-2H3. The molecular formula is C9H13FN2O2. The van der Waals surface area contributed by atoms with Crippen LogP contribution in [-0.2, 0) is 0 Å². The maximum absolute atomic E-state index is 12.5. The number of rotatable bonds is 1. The summed E-state index contributed by atoms with van der Waals surface area (Å²) in [6, 6.07) is 3.20. The van der Waals surface area contributed by atoms with Crippen LogP contribution < -0.4 is 11.3 Å². The molecule has 1 rings (SSSR count). The fraction of sp³-hybridized carbons (Fsp3) is 0.222. The van der Waals surface area contributed by atoms with Gasteiger partial charge in [0.1, 0.15) is 0 Å². The van der Waals surface area contributed by atoms with Gasteiger partial charge in [-0.25, -0.2) is 10.2 Å². The van der Waals surface area contributed by atoms with Crippen molar-refractivity contribution in [2.24, 2.45) is 5.84 Å². The van der Waals surface area contributed by atoms with Crippen molar-refractivity contribution in [1.29, 1.82) is 0 Å². The lowest BCUT2D eigenvalue weighted by Crippen LogP contribution is -2.29. The molecule has 0 heterocycles. The van der Waals surface area contributed by atoms with Gasteiger partial charge in [0.2, 0.25) is 0 Å². The van der Waals surface area contributed by atoms with Crippen molar-refractivity contribution >= 4 is 5.91 Å². The molecule has 0 atom stereocenters. The van der Waals surface area contributed by atoms with Gasteiger partial charge in [0.05, 0.1) is 0 Å². The highest BCUT2D eigenvalue weighted by molar-refractivity contribution is 5.94. The first-order chi connectivity index (χ1) is 6.65. The second-order valence-electron chi connectivity index (χ2n) is 2.14. The van der Waals surface area contributed by atoms with E-state index in [2.05, 4.69) is 0 Å². The van der Waals surface area contributed by atoms with Crippen molar-refractivity contribution in [2.45, 2.75) is 13.8 Å². The number of phenols is 1. The second kappa shape index (κ2) is 5.93. The summed E-state index contributed by atoms with van der Waals surface area (Å²) >= 11 is 0. The Labute approximate surface area is 81.5 Å². The van der Waals surface area contributed by atoms with E-state index in [1.165, 1.54) is 6.07 Å². The van der Waals surface area contributed by atoms with Crippen LogP contribution in [0.5, 0.6) is 5.75 Å². The Bertz CT molecular complexity index is 316. The van der Waals surface area contributed by atoms with Crippen molar-refractivity contribution < 1.29 is 14.3 Å². The first kappa shape index (κ1) is 12.4. The predicted molar refractivity (Wildman–Crippen MR) is 51.1 cm³/mol. The largest absolute Gasteiger partial charge is 0.505 e. The summed E-state index contributed by atoms with van der Waals surface area (Å²) in [4.78, 5) is 10.8. The Morgan fingerprint density at radius 2 is 2.07 bits per heavy atom. The molecule has 0 saturated heterocycles. The van der Waals surface area contributed by atoms with Gasteiger partial charge >= 0.3 is 0 Å². The normalized spacial score (nSPS) is 8.57. The van der Waals surface area contributed by atoms with Gasteiger partial charge in [-0.05, 0) is 18.2 Å². The van der Waals surface area contributed by atoms with Crippen LogP contribution in [0.1, 0.15) is 24.2 Å². The van der Waals surface area contributed by atoms with E-state index in [-0.39, 0.29) is 5.56 Å². The number of carbonyl (C=O) groups excluding carboxylic acids is 1. The van der Waals surface area contributed by atoms with Crippen LogP contribution in [0.4, 0.5) is 4.39 Å². The second-order valence-corrected chi connectivity index (χ2v) is 2.14. The summed E-state index contributed by atoms with van der Waals surface area (Å²) in [5, 5.41) is 8.85. The number of hydrazine groups is 1. The van der Waals surface area contributed by atoms with Gasteiger partial charge in [0.15, 0.2) is 11.6 Å². The van der Waals surface area contributed by atoms with Gasteiger partial charge in [0, 0.05) is 5.56 Å². The Hall–Kier alpha value is -1.62. The number of benzene rings is 1. The van der Waals surface area contributed by atoms with Crippen molar-refractivity contribution in [3.05, 3.63) is 29.6 Å². The summed E-state index contributed by atoms with van der Waals surface area (Å²) in [6.07, 6.45) is 0. The van der Waals surface area contributed by atoms with Crippen LogP contribution in [0.15, 0.2) is 18.2 Å². The molecule has 0 spiro atoms. The number of halogens is 1. The van der Waals surface area contributed by atoms with E-state index >= 15 is 0 Å². The molecule has 14 heavy (non-hydrogen) atoms. The number of aromatic hydroxyl groups is 1. The summed E-state index contributed by atoms with van der Waals surface area (Å²) in [7, 11) is 0. The van der Waals surface area contributed by atoms with E-state index in [1.807, 2.05) is 19.3 Å². The minimum absolute atomic E-state index is 0.108. The molecule has 0 aromatic heterocycles. The molecule has 0 saturated carbocycles. The first-order valence-corrected chi connectivity index (χ1v) is 4.14. The van der Waals surface area contributed by atoms with Gasteiger partial charge in [-0.3, -0.25) is 10.2 Å². The molecule has 4 N–H and O–H groups in total. The van der Waals surface area contributed by atoms with Gasteiger partial charge in [-0.2, -0.15) is 0 Å². The molecule has 0 aliphatic rings. The Balaban J connectivity index is 0.000000791. The highest BCUT2D eigenvalue weighted by Crippen LogP contribution is 2.16. The molecule has 0 radical (unpaired) electrons. The third-order valence-electron chi connectivity index (χ3n) is 1.34. The van der Waals surface area contributed by atoms with E-state index < -0.39 is 17.5 Å². The molecule has 1 aromatic rings. The summed E-state index contributed by atoms with van der Waals surface area (Å²) in [6.45, 7) is 4.00. The molecule has 0 fully saturated rings. The molecule has 0 bridgehead atoms. The third-order valence-corrected chi connectivity index (χ3v) is 1.34. The maximum atomic E-state index is 12.5. The minimum Gasteiger partial charge on any atom is -0.505 e. The summed E-state index contributed by atoms with van der Waals surface area (Å²) < 4.78 is 12.5. The average molecular weight is 200 g/mol. The van der Waals surface area contributed by atoms with E-state index in [4.69, 9.17) is 10.9 Å². The minimum atomic E-state index is -0.774. The summed E-state index contributed by atoms with van der Waals surface area (Å²) in [5.41, 5.74) is 1.96.